The molecule has 56 heavy (non-hydrogen) atoms. The first kappa shape index (κ1) is 36.1. The molecule has 2 nitrogen and oxygen atoms in total. The zero-order valence-corrected chi connectivity index (χ0v) is 32.5. The standard InChI is InChI=1S/C54H46N2/c1-39-35-43(27-31-51(39)53-33-29-49(37-41(53)3)55(45-17-9-5-10-18-45)46-19-11-6-12-20-46)25-26-44-28-32-52(40(2)36-44)54-34-30-50(38-42(54)4)56(47-21-13-7-14-22-47)48-23-15-8-16-24-48/h5-38H,1-4H3/b26-25+. The lowest BCUT2D eigenvalue weighted by atomic mass is 9.93. The Morgan fingerprint density at radius 3 is 0.804 bits per heavy atom. The molecule has 0 bridgehead atoms. The topological polar surface area (TPSA) is 6.48 Å². The number of nitrogens with zero attached hydrogens (tertiary/aromatic N) is 2. The van der Waals surface area contributed by atoms with Crippen LogP contribution in [-0.4, -0.2) is 0 Å². The van der Waals surface area contributed by atoms with Gasteiger partial charge in [0.15, 0.2) is 0 Å². The van der Waals surface area contributed by atoms with Crippen molar-refractivity contribution in [1.29, 1.82) is 0 Å². The minimum Gasteiger partial charge on any atom is -0.310 e. The van der Waals surface area contributed by atoms with E-state index in [1.54, 1.807) is 0 Å². The van der Waals surface area contributed by atoms with Crippen LogP contribution in [-0.2, 0) is 0 Å². The van der Waals surface area contributed by atoms with E-state index in [0.717, 1.165) is 34.1 Å². The summed E-state index contributed by atoms with van der Waals surface area (Å²) in [5.41, 5.74) is 19.3. The number of anilines is 6. The molecule has 0 atom stereocenters. The second kappa shape index (κ2) is 16.2. The van der Waals surface area contributed by atoms with Crippen LogP contribution in [0.4, 0.5) is 34.1 Å². The van der Waals surface area contributed by atoms with Gasteiger partial charge in [-0.3, -0.25) is 0 Å². The van der Waals surface area contributed by atoms with E-state index in [-0.39, 0.29) is 0 Å². The van der Waals surface area contributed by atoms with Gasteiger partial charge in [0.05, 0.1) is 0 Å². The second-order valence-corrected chi connectivity index (χ2v) is 14.5. The SMILES string of the molecule is Cc1cc(/C=C/c2ccc(-c3ccc(N(c4ccccc4)c4ccccc4)cc3C)c(C)c2)ccc1-c1ccc(N(c2ccccc2)c2ccccc2)cc1C. The normalized spacial score (nSPS) is 11.1. The number of aryl methyl sites for hydroxylation is 4. The monoisotopic (exact) mass is 722 g/mol. The van der Waals surface area contributed by atoms with Crippen LogP contribution in [0.1, 0.15) is 33.4 Å². The molecule has 2 heteroatoms. The zero-order chi connectivity index (χ0) is 38.4. The first-order valence-corrected chi connectivity index (χ1v) is 19.3. The molecule has 0 N–H and O–H groups in total. The summed E-state index contributed by atoms with van der Waals surface area (Å²) >= 11 is 0. The maximum Gasteiger partial charge on any atom is 0.0464 e. The molecule has 0 saturated heterocycles. The van der Waals surface area contributed by atoms with E-state index in [9.17, 15) is 0 Å². The molecule has 0 fully saturated rings. The van der Waals surface area contributed by atoms with Crippen LogP contribution < -0.4 is 9.80 Å². The Balaban J connectivity index is 1.01. The van der Waals surface area contributed by atoms with Crippen LogP contribution in [0.5, 0.6) is 0 Å². The van der Waals surface area contributed by atoms with Gasteiger partial charge in [0.2, 0.25) is 0 Å². The van der Waals surface area contributed by atoms with Gasteiger partial charge in [-0.05, 0) is 156 Å². The molecular weight excluding hydrogens is 677 g/mol. The lowest BCUT2D eigenvalue weighted by Gasteiger charge is -2.26. The van der Waals surface area contributed by atoms with Crippen LogP contribution in [0.15, 0.2) is 194 Å². The fourth-order valence-corrected chi connectivity index (χ4v) is 7.76. The summed E-state index contributed by atoms with van der Waals surface area (Å²) in [5, 5.41) is 0. The highest BCUT2D eigenvalue weighted by molar-refractivity contribution is 5.83. The Bertz CT molecular complexity index is 2350. The summed E-state index contributed by atoms with van der Waals surface area (Å²) in [5.74, 6) is 0. The maximum atomic E-state index is 2.31. The molecule has 0 aliphatic rings. The molecule has 8 aromatic carbocycles. The smallest absolute Gasteiger partial charge is 0.0464 e. The van der Waals surface area contributed by atoms with Gasteiger partial charge in [0.1, 0.15) is 0 Å². The Morgan fingerprint density at radius 1 is 0.268 bits per heavy atom. The summed E-state index contributed by atoms with van der Waals surface area (Å²) in [4.78, 5) is 4.63. The molecule has 8 rings (SSSR count). The van der Waals surface area contributed by atoms with Crippen molar-refractivity contribution in [3.63, 3.8) is 0 Å². The minimum atomic E-state index is 1.14. The Kier molecular flexibility index (Phi) is 10.5. The summed E-state index contributed by atoms with van der Waals surface area (Å²) in [6.07, 6.45) is 4.45. The Labute approximate surface area is 332 Å². The number of rotatable bonds is 10. The van der Waals surface area contributed by atoms with Crippen LogP contribution in [0.2, 0.25) is 0 Å². The fourth-order valence-electron chi connectivity index (χ4n) is 7.76. The predicted molar refractivity (Wildman–Crippen MR) is 241 cm³/mol. The van der Waals surface area contributed by atoms with Crippen LogP contribution >= 0.6 is 0 Å². The van der Waals surface area contributed by atoms with Crippen molar-refractivity contribution in [3.05, 3.63) is 228 Å². The first-order chi connectivity index (χ1) is 27.4. The quantitative estimate of drug-likeness (QED) is 0.130. The van der Waals surface area contributed by atoms with Gasteiger partial charge in [-0.25, -0.2) is 0 Å². The van der Waals surface area contributed by atoms with Gasteiger partial charge >= 0.3 is 0 Å². The third-order valence-corrected chi connectivity index (χ3v) is 10.5. The van der Waals surface area contributed by atoms with Gasteiger partial charge in [0.25, 0.3) is 0 Å². The molecule has 0 saturated carbocycles. The molecule has 272 valence electrons. The van der Waals surface area contributed by atoms with E-state index < -0.39 is 0 Å². The van der Waals surface area contributed by atoms with E-state index in [2.05, 4.69) is 244 Å². The molecule has 0 aliphatic carbocycles. The van der Waals surface area contributed by atoms with E-state index in [1.165, 1.54) is 55.6 Å². The molecule has 0 spiro atoms. The van der Waals surface area contributed by atoms with Gasteiger partial charge in [-0.15, -0.1) is 0 Å². The number of hydrogen-bond donors (Lipinski definition) is 0. The lowest BCUT2D eigenvalue weighted by molar-refractivity contribution is 1.27. The predicted octanol–water partition coefficient (Wildman–Crippen LogP) is 15.4. The first-order valence-electron chi connectivity index (χ1n) is 19.3. The van der Waals surface area contributed by atoms with Crippen molar-refractivity contribution in [2.24, 2.45) is 0 Å². The van der Waals surface area contributed by atoms with Crippen molar-refractivity contribution >= 4 is 46.3 Å². The highest BCUT2D eigenvalue weighted by atomic mass is 15.1. The van der Waals surface area contributed by atoms with Crippen molar-refractivity contribution in [3.8, 4) is 22.3 Å². The highest BCUT2D eigenvalue weighted by Gasteiger charge is 2.16. The van der Waals surface area contributed by atoms with E-state index in [0.29, 0.717) is 0 Å². The molecule has 0 heterocycles. The van der Waals surface area contributed by atoms with E-state index >= 15 is 0 Å². The largest absolute Gasteiger partial charge is 0.310 e. The highest BCUT2D eigenvalue weighted by Crippen LogP contribution is 2.39. The summed E-state index contributed by atoms with van der Waals surface area (Å²) in [6.45, 7) is 8.86. The van der Waals surface area contributed by atoms with Gasteiger partial charge < -0.3 is 9.80 Å². The van der Waals surface area contributed by atoms with Crippen molar-refractivity contribution in [2.75, 3.05) is 9.80 Å². The molecule has 8 aromatic rings. The summed E-state index contributed by atoms with van der Waals surface area (Å²) < 4.78 is 0. The van der Waals surface area contributed by atoms with Crippen LogP contribution in [0.3, 0.4) is 0 Å². The lowest BCUT2D eigenvalue weighted by Crippen LogP contribution is -2.10. The Morgan fingerprint density at radius 2 is 0.536 bits per heavy atom. The second-order valence-electron chi connectivity index (χ2n) is 14.5. The van der Waals surface area contributed by atoms with Gasteiger partial charge in [0, 0.05) is 34.1 Å². The minimum absolute atomic E-state index is 1.14. The van der Waals surface area contributed by atoms with Crippen LogP contribution in [0.25, 0.3) is 34.4 Å². The van der Waals surface area contributed by atoms with Gasteiger partial charge in [-0.1, -0.05) is 133 Å². The third-order valence-electron chi connectivity index (χ3n) is 10.5. The molecule has 0 unspecified atom stereocenters. The van der Waals surface area contributed by atoms with E-state index in [1.807, 2.05) is 0 Å². The van der Waals surface area contributed by atoms with Crippen molar-refractivity contribution in [1.82, 2.24) is 0 Å². The molecule has 0 aliphatic heterocycles. The van der Waals surface area contributed by atoms with Crippen LogP contribution in [0, 0.1) is 27.7 Å². The number of para-hydroxylation sites is 4. The van der Waals surface area contributed by atoms with Crippen molar-refractivity contribution < 1.29 is 0 Å². The summed E-state index contributed by atoms with van der Waals surface area (Å²) in [6, 6.07) is 69.5. The zero-order valence-electron chi connectivity index (χ0n) is 32.5. The van der Waals surface area contributed by atoms with Crippen molar-refractivity contribution in [2.45, 2.75) is 27.7 Å². The fraction of sp³-hybridized carbons (Fsp3) is 0.0741. The Hall–Kier alpha value is -6.90. The average Bonchev–Trinajstić information content (AvgIpc) is 3.23. The van der Waals surface area contributed by atoms with Gasteiger partial charge in [-0.2, -0.15) is 0 Å². The molecular formula is C54H46N2. The molecule has 0 aromatic heterocycles. The van der Waals surface area contributed by atoms with E-state index in [4.69, 9.17) is 0 Å². The number of hydrogen-bond acceptors (Lipinski definition) is 2. The average molecular weight is 723 g/mol. The number of benzene rings is 8. The summed E-state index contributed by atoms with van der Waals surface area (Å²) in [7, 11) is 0. The maximum absolute atomic E-state index is 2.31. The molecule has 0 amide bonds. The third kappa shape index (κ3) is 7.69. The molecule has 0 radical (unpaired) electrons.